The first-order valence-corrected chi connectivity index (χ1v) is 3.97. The second-order valence-electron chi connectivity index (χ2n) is 3.24. The molecule has 0 spiro atoms. The van der Waals surface area contributed by atoms with Crippen LogP contribution in [-0.2, 0) is 13.1 Å². The summed E-state index contributed by atoms with van der Waals surface area (Å²) in [7, 11) is 2.14. The van der Waals surface area contributed by atoms with Gasteiger partial charge in [-0.1, -0.05) is 0 Å². The Balaban J connectivity index is 2.34. The molecule has 0 radical (unpaired) electrons. The lowest BCUT2D eigenvalue weighted by Crippen LogP contribution is -2.30. The zero-order chi connectivity index (χ0) is 7.84. The third-order valence-corrected chi connectivity index (χ3v) is 2.11. The van der Waals surface area contributed by atoms with E-state index in [1.54, 1.807) is 0 Å². The number of hydrogen-bond donors (Lipinski definition) is 0. The third-order valence-electron chi connectivity index (χ3n) is 2.11. The number of hydrogen-bond acceptors (Lipinski definition) is 2. The van der Waals surface area contributed by atoms with Gasteiger partial charge in [0.15, 0.2) is 0 Å². The zero-order valence-electron chi connectivity index (χ0n) is 7.04. The first-order chi connectivity index (χ1) is 5.25. The summed E-state index contributed by atoms with van der Waals surface area (Å²) in [6, 6.07) is 2.16. The van der Waals surface area contributed by atoms with Crippen molar-refractivity contribution >= 4 is 0 Å². The lowest BCUT2D eigenvalue weighted by Gasteiger charge is -2.22. The maximum atomic E-state index is 4.38. The SMILES string of the molecule is Cc1cc2n(n1)CCN(C)C2. The molecule has 3 heteroatoms. The van der Waals surface area contributed by atoms with Crippen molar-refractivity contribution < 1.29 is 0 Å². The Morgan fingerprint density at radius 3 is 3.09 bits per heavy atom. The van der Waals surface area contributed by atoms with Crippen molar-refractivity contribution in [3.05, 3.63) is 17.5 Å². The van der Waals surface area contributed by atoms with Crippen LogP contribution in [-0.4, -0.2) is 28.3 Å². The molecule has 3 nitrogen and oxygen atoms in total. The van der Waals surface area contributed by atoms with E-state index in [0.29, 0.717) is 0 Å². The summed E-state index contributed by atoms with van der Waals surface area (Å²) in [5.41, 5.74) is 2.48. The molecule has 1 aromatic heterocycles. The predicted octanol–water partition coefficient (Wildman–Crippen LogP) is 0.637. The van der Waals surface area contributed by atoms with Gasteiger partial charge >= 0.3 is 0 Å². The highest BCUT2D eigenvalue weighted by Crippen LogP contribution is 2.10. The van der Waals surface area contributed by atoms with E-state index in [-0.39, 0.29) is 0 Å². The van der Waals surface area contributed by atoms with Gasteiger partial charge in [0.05, 0.1) is 17.9 Å². The highest BCUT2D eigenvalue weighted by molar-refractivity contribution is 5.09. The molecule has 0 bridgehead atoms. The molecule has 60 valence electrons. The quantitative estimate of drug-likeness (QED) is 0.542. The highest BCUT2D eigenvalue weighted by atomic mass is 15.3. The molecule has 11 heavy (non-hydrogen) atoms. The van der Waals surface area contributed by atoms with Crippen LogP contribution in [0.2, 0.25) is 0 Å². The van der Waals surface area contributed by atoms with Crippen LogP contribution in [0.3, 0.4) is 0 Å². The summed E-state index contributed by atoms with van der Waals surface area (Å²) >= 11 is 0. The summed E-state index contributed by atoms with van der Waals surface area (Å²) in [5, 5.41) is 4.38. The Morgan fingerprint density at radius 2 is 2.27 bits per heavy atom. The average Bonchev–Trinajstić information content (AvgIpc) is 2.27. The molecular formula is C8H13N3. The molecular weight excluding hydrogens is 138 g/mol. The van der Waals surface area contributed by atoms with Gasteiger partial charge in [-0.2, -0.15) is 5.10 Å². The van der Waals surface area contributed by atoms with E-state index in [2.05, 4.69) is 27.8 Å². The first kappa shape index (κ1) is 6.85. The molecule has 0 atom stereocenters. The van der Waals surface area contributed by atoms with Crippen molar-refractivity contribution in [3.63, 3.8) is 0 Å². The fourth-order valence-electron chi connectivity index (χ4n) is 1.54. The minimum absolute atomic E-state index is 1.04. The van der Waals surface area contributed by atoms with Crippen molar-refractivity contribution in [3.8, 4) is 0 Å². The minimum atomic E-state index is 1.04. The van der Waals surface area contributed by atoms with Gasteiger partial charge in [0, 0.05) is 13.1 Å². The third kappa shape index (κ3) is 1.16. The second-order valence-corrected chi connectivity index (χ2v) is 3.24. The van der Waals surface area contributed by atoms with Crippen LogP contribution in [0, 0.1) is 6.92 Å². The molecule has 0 saturated carbocycles. The summed E-state index contributed by atoms with van der Waals surface area (Å²) in [5.74, 6) is 0. The molecule has 0 fully saturated rings. The Labute approximate surface area is 66.6 Å². The van der Waals surface area contributed by atoms with Crippen LogP contribution in [0.15, 0.2) is 6.07 Å². The Kier molecular flexibility index (Phi) is 1.46. The molecule has 0 saturated heterocycles. The Bertz CT molecular complexity index is 264. The molecule has 0 unspecified atom stereocenters. The fourth-order valence-corrected chi connectivity index (χ4v) is 1.54. The average molecular weight is 151 g/mol. The first-order valence-electron chi connectivity index (χ1n) is 3.97. The van der Waals surface area contributed by atoms with Gasteiger partial charge in [-0.05, 0) is 20.0 Å². The van der Waals surface area contributed by atoms with Crippen LogP contribution in [0.1, 0.15) is 11.4 Å². The van der Waals surface area contributed by atoms with Crippen LogP contribution in [0.25, 0.3) is 0 Å². The fraction of sp³-hybridized carbons (Fsp3) is 0.625. The predicted molar refractivity (Wildman–Crippen MR) is 43.3 cm³/mol. The van der Waals surface area contributed by atoms with E-state index < -0.39 is 0 Å². The molecule has 1 aliphatic heterocycles. The highest BCUT2D eigenvalue weighted by Gasteiger charge is 2.13. The van der Waals surface area contributed by atoms with E-state index in [1.807, 2.05) is 6.92 Å². The molecule has 0 aliphatic carbocycles. The lowest BCUT2D eigenvalue weighted by atomic mass is 10.3. The summed E-state index contributed by atoms with van der Waals surface area (Å²) in [6.07, 6.45) is 0. The number of rotatable bonds is 0. The van der Waals surface area contributed by atoms with Gasteiger partial charge in [0.2, 0.25) is 0 Å². The van der Waals surface area contributed by atoms with E-state index >= 15 is 0 Å². The van der Waals surface area contributed by atoms with Crippen molar-refractivity contribution in [2.75, 3.05) is 13.6 Å². The van der Waals surface area contributed by atoms with Gasteiger partial charge in [0.25, 0.3) is 0 Å². The van der Waals surface area contributed by atoms with Crippen LogP contribution in [0.5, 0.6) is 0 Å². The standard InChI is InChI=1S/C8H13N3/c1-7-5-8-6-10(2)3-4-11(8)9-7/h5H,3-4,6H2,1-2H3. The van der Waals surface area contributed by atoms with E-state index in [1.165, 1.54) is 5.69 Å². The van der Waals surface area contributed by atoms with Crippen molar-refractivity contribution in [2.24, 2.45) is 0 Å². The number of nitrogens with zero attached hydrogens (tertiary/aromatic N) is 3. The van der Waals surface area contributed by atoms with Crippen LogP contribution >= 0.6 is 0 Å². The zero-order valence-corrected chi connectivity index (χ0v) is 7.04. The van der Waals surface area contributed by atoms with Gasteiger partial charge < -0.3 is 0 Å². The Hall–Kier alpha value is -0.830. The number of aryl methyl sites for hydroxylation is 1. The van der Waals surface area contributed by atoms with Crippen molar-refractivity contribution in [2.45, 2.75) is 20.0 Å². The van der Waals surface area contributed by atoms with Gasteiger partial charge in [-0.25, -0.2) is 0 Å². The molecule has 0 N–H and O–H groups in total. The van der Waals surface area contributed by atoms with E-state index in [0.717, 1.165) is 25.3 Å². The van der Waals surface area contributed by atoms with E-state index in [4.69, 9.17) is 0 Å². The normalized spacial score (nSPS) is 18.4. The number of likely N-dealkylation sites (N-methyl/N-ethyl adjacent to an activating group) is 1. The minimum Gasteiger partial charge on any atom is -0.299 e. The topological polar surface area (TPSA) is 21.1 Å². The summed E-state index contributed by atoms with van der Waals surface area (Å²) in [6.45, 7) is 5.25. The number of fused-ring (bicyclic) bond motifs is 1. The van der Waals surface area contributed by atoms with Crippen molar-refractivity contribution in [1.82, 2.24) is 14.7 Å². The summed E-state index contributed by atoms with van der Waals surface area (Å²) in [4.78, 5) is 2.32. The van der Waals surface area contributed by atoms with Gasteiger partial charge in [-0.15, -0.1) is 0 Å². The van der Waals surface area contributed by atoms with Crippen LogP contribution in [0.4, 0.5) is 0 Å². The molecule has 1 aromatic rings. The lowest BCUT2D eigenvalue weighted by molar-refractivity contribution is 0.259. The molecule has 0 aromatic carbocycles. The smallest absolute Gasteiger partial charge is 0.0597 e. The summed E-state index contributed by atoms with van der Waals surface area (Å²) < 4.78 is 2.11. The Morgan fingerprint density at radius 1 is 1.45 bits per heavy atom. The van der Waals surface area contributed by atoms with E-state index in [9.17, 15) is 0 Å². The van der Waals surface area contributed by atoms with Crippen LogP contribution < -0.4 is 0 Å². The molecule has 0 amide bonds. The monoisotopic (exact) mass is 151 g/mol. The number of aromatic nitrogens is 2. The largest absolute Gasteiger partial charge is 0.299 e. The van der Waals surface area contributed by atoms with Crippen molar-refractivity contribution in [1.29, 1.82) is 0 Å². The van der Waals surface area contributed by atoms with Gasteiger partial charge in [-0.3, -0.25) is 9.58 Å². The second kappa shape index (κ2) is 2.34. The maximum absolute atomic E-state index is 4.38. The molecule has 2 heterocycles. The molecule has 1 aliphatic rings. The molecule has 2 rings (SSSR count). The van der Waals surface area contributed by atoms with Gasteiger partial charge in [0.1, 0.15) is 0 Å². The maximum Gasteiger partial charge on any atom is 0.0597 e.